The van der Waals surface area contributed by atoms with Crippen molar-refractivity contribution in [3.63, 3.8) is 0 Å². The smallest absolute Gasteiger partial charge is 0.417 e. The van der Waals surface area contributed by atoms with Crippen LogP contribution >= 0.6 is 0 Å². The first kappa shape index (κ1) is 34.3. The third-order valence-corrected chi connectivity index (χ3v) is 7.96. The lowest BCUT2D eigenvalue weighted by Gasteiger charge is -2.36. The molecule has 0 aromatic heterocycles. The fourth-order valence-electron chi connectivity index (χ4n) is 5.69. The van der Waals surface area contributed by atoms with E-state index >= 15 is 0 Å². The number of esters is 1. The summed E-state index contributed by atoms with van der Waals surface area (Å²) in [5.74, 6) is 0.0271. The standard InChI is InChI=1S/C37H45F3N2O3/c1-26-27(15-12-16-31(26)28-13-6-5-7-14-28)18-19-29-24-34(44-22-11-9-20-41)30(23-32(29)37(38,39)40)25-42-21-10-8-17-33(42)35(43)45-36(2,3)4/h5-7,12-16,18-19,23-24,33H,8-11,17,20-22,25,41H2,1-4H3. The second-order valence-corrected chi connectivity index (χ2v) is 12.6. The highest BCUT2D eigenvalue weighted by atomic mass is 19.4. The Hall–Kier alpha value is -3.62. The average Bonchev–Trinajstić information content (AvgIpc) is 2.99. The van der Waals surface area contributed by atoms with Gasteiger partial charge in [0.15, 0.2) is 0 Å². The topological polar surface area (TPSA) is 64.8 Å². The maximum Gasteiger partial charge on any atom is 0.417 e. The highest BCUT2D eigenvalue weighted by Crippen LogP contribution is 2.38. The van der Waals surface area contributed by atoms with Gasteiger partial charge in [0.2, 0.25) is 0 Å². The Morgan fingerprint density at radius 1 is 0.978 bits per heavy atom. The van der Waals surface area contributed by atoms with Gasteiger partial charge >= 0.3 is 12.1 Å². The molecule has 0 aliphatic carbocycles. The fourth-order valence-corrected chi connectivity index (χ4v) is 5.69. The number of piperidine rings is 1. The minimum absolute atomic E-state index is 0.0203. The molecule has 242 valence electrons. The van der Waals surface area contributed by atoms with Gasteiger partial charge in [-0.25, -0.2) is 0 Å². The van der Waals surface area contributed by atoms with E-state index in [-0.39, 0.29) is 18.1 Å². The molecule has 0 saturated carbocycles. The van der Waals surface area contributed by atoms with Crippen molar-refractivity contribution in [2.75, 3.05) is 19.7 Å². The van der Waals surface area contributed by atoms with Gasteiger partial charge in [0.05, 0.1) is 12.2 Å². The summed E-state index contributed by atoms with van der Waals surface area (Å²) in [5, 5.41) is 0. The molecule has 2 N–H and O–H groups in total. The second kappa shape index (κ2) is 15.1. The number of nitrogens with two attached hydrogens (primary N) is 1. The van der Waals surface area contributed by atoms with Crippen LogP contribution in [0.5, 0.6) is 5.75 Å². The Morgan fingerprint density at radius 3 is 2.40 bits per heavy atom. The molecule has 0 amide bonds. The first-order valence-electron chi connectivity index (χ1n) is 15.7. The molecule has 1 fully saturated rings. The number of nitrogens with zero attached hydrogens (tertiary/aromatic N) is 1. The molecule has 1 atom stereocenters. The third-order valence-electron chi connectivity index (χ3n) is 7.96. The highest BCUT2D eigenvalue weighted by Gasteiger charge is 2.36. The minimum Gasteiger partial charge on any atom is -0.493 e. The lowest BCUT2D eigenvalue weighted by molar-refractivity contribution is -0.163. The van der Waals surface area contributed by atoms with Gasteiger partial charge in [-0.2, -0.15) is 13.2 Å². The molecule has 8 heteroatoms. The van der Waals surface area contributed by atoms with Crippen molar-refractivity contribution in [2.24, 2.45) is 5.73 Å². The van der Waals surface area contributed by atoms with E-state index in [1.807, 2.05) is 81.1 Å². The summed E-state index contributed by atoms with van der Waals surface area (Å²) in [7, 11) is 0. The predicted molar refractivity (Wildman–Crippen MR) is 175 cm³/mol. The number of carbonyl (C=O) groups is 1. The van der Waals surface area contributed by atoms with Crippen LogP contribution < -0.4 is 10.5 Å². The second-order valence-electron chi connectivity index (χ2n) is 12.6. The van der Waals surface area contributed by atoms with Gasteiger partial charge in [0.1, 0.15) is 17.4 Å². The van der Waals surface area contributed by atoms with Crippen LogP contribution in [-0.2, 0) is 22.3 Å². The van der Waals surface area contributed by atoms with E-state index in [0.29, 0.717) is 43.9 Å². The van der Waals surface area contributed by atoms with Crippen LogP contribution in [0.15, 0.2) is 60.7 Å². The Kier molecular flexibility index (Phi) is 11.5. The summed E-state index contributed by atoms with van der Waals surface area (Å²) in [6.07, 6.45) is 2.36. The normalized spacial score (nSPS) is 16.2. The van der Waals surface area contributed by atoms with Crippen LogP contribution in [0.1, 0.15) is 80.7 Å². The van der Waals surface area contributed by atoms with E-state index in [9.17, 15) is 18.0 Å². The van der Waals surface area contributed by atoms with Gasteiger partial charge in [-0.15, -0.1) is 0 Å². The van der Waals surface area contributed by atoms with Crippen LogP contribution in [0.4, 0.5) is 13.2 Å². The summed E-state index contributed by atoms with van der Waals surface area (Å²) in [5.41, 5.74) is 8.53. The molecular weight excluding hydrogens is 577 g/mol. The monoisotopic (exact) mass is 622 g/mol. The number of halogens is 3. The van der Waals surface area contributed by atoms with Crippen LogP contribution in [0.3, 0.4) is 0 Å². The molecule has 1 heterocycles. The van der Waals surface area contributed by atoms with Gasteiger partial charge in [0, 0.05) is 12.1 Å². The maximum atomic E-state index is 14.6. The van der Waals surface area contributed by atoms with Crippen LogP contribution in [0.25, 0.3) is 23.3 Å². The van der Waals surface area contributed by atoms with Crippen molar-refractivity contribution in [3.05, 3.63) is 88.5 Å². The van der Waals surface area contributed by atoms with E-state index in [0.717, 1.165) is 41.5 Å². The lowest BCUT2D eigenvalue weighted by Crippen LogP contribution is -2.46. The number of benzene rings is 3. The predicted octanol–water partition coefficient (Wildman–Crippen LogP) is 8.67. The van der Waals surface area contributed by atoms with Gasteiger partial charge in [-0.1, -0.05) is 67.1 Å². The molecular formula is C37H45F3N2O3. The summed E-state index contributed by atoms with van der Waals surface area (Å²) >= 11 is 0. The number of carbonyl (C=O) groups excluding carboxylic acids is 1. The zero-order chi connectivity index (χ0) is 32.6. The number of unbranched alkanes of at least 4 members (excludes halogenated alkanes) is 1. The largest absolute Gasteiger partial charge is 0.493 e. The summed E-state index contributed by atoms with van der Waals surface area (Å²) in [4.78, 5) is 15.0. The Morgan fingerprint density at radius 2 is 1.71 bits per heavy atom. The number of alkyl halides is 3. The van der Waals surface area contributed by atoms with Crippen LogP contribution in [-0.4, -0.2) is 42.2 Å². The number of ether oxygens (including phenoxy) is 2. The van der Waals surface area contributed by atoms with Crippen molar-refractivity contribution in [1.82, 2.24) is 4.90 Å². The van der Waals surface area contributed by atoms with Crippen molar-refractivity contribution >= 4 is 18.1 Å². The molecule has 5 nitrogen and oxygen atoms in total. The number of hydrogen-bond acceptors (Lipinski definition) is 5. The molecule has 3 aromatic rings. The first-order chi connectivity index (χ1) is 21.4. The molecule has 1 aliphatic heterocycles. The zero-order valence-corrected chi connectivity index (χ0v) is 26.8. The van der Waals surface area contributed by atoms with Crippen molar-refractivity contribution < 1.29 is 27.4 Å². The first-order valence-corrected chi connectivity index (χ1v) is 15.7. The van der Waals surface area contributed by atoms with E-state index in [1.54, 1.807) is 6.08 Å². The molecule has 45 heavy (non-hydrogen) atoms. The van der Waals surface area contributed by atoms with Gasteiger partial charge in [-0.05, 0) is 106 Å². The molecule has 1 unspecified atom stereocenters. The number of rotatable bonds is 11. The zero-order valence-electron chi connectivity index (χ0n) is 26.8. The molecule has 0 spiro atoms. The van der Waals surface area contributed by atoms with Crippen molar-refractivity contribution in [3.8, 4) is 16.9 Å². The molecule has 1 aliphatic rings. The fraction of sp³-hybridized carbons (Fsp3) is 0.432. The number of likely N-dealkylation sites (tertiary alicyclic amines) is 1. The van der Waals surface area contributed by atoms with Gasteiger partial charge in [0.25, 0.3) is 0 Å². The van der Waals surface area contributed by atoms with Gasteiger partial charge in [-0.3, -0.25) is 9.69 Å². The van der Waals surface area contributed by atoms with E-state index < -0.39 is 23.4 Å². The van der Waals surface area contributed by atoms with E-state index in [2.05, 4.69) is 0 Å². The Balaban J connectivity index is 1.72. The summed E-state index contributed by atoms with van der Waals surface area (Å²) < 4.78 is 55.6. The molecule has 0 radical (unpaired) electrons. The molecule has 1 saturated heterocycles. The molecule has 4 rings (SSSR count). The maximum absolute atomic E-state index is 14.6. The summed E-state index contributed by atoms with van der Waals surface area (Å²) in [6, 6.07) is 17.9. The summed E-state index contributed by atoms with van der Waals surface area (Å²) in [6.45, 7) is 8.96. The van der Waals surface area contributed by atoms with E-state index in [1.165, 1.54) is 18.2 Å². The van der Waals surface area contributed by atoms with Crippen LogP contribution in [0, 0.1) is 6.92 Å². The quantitative estimate of drug-likeness (QED) is 0.132. The van der Waals surface area contributed by atoms with Crippen molar-refractivity contribution in [1.29, 1.82) is 0 Å². The van der Waals surface area contributed by atoms with E-state index in [4.69, 9.17) is 15.2 Å². The minimum atomic E-state index is -4.60. The third kappa shape index (κ3) is 9.44. The highest BCUT2D eigenvalue weighted by molar-refractivity contribution is 5.79. The Bertz CT molecular complexity index is 1460. The SMILES string of the molecule is Cc1c(C=Cc2cc(OCCCCN)c(CN3CCCCC3C(=O)OC(C)(C)C)cc2C(F)(F)F)cccc1-c1ccccc1. The number of hydrogen-bond donors (Lipinski definition) is 1. The Labute approximate surface area is 265 Å². The molecule has 0 bridgehead atoms. The lowest BCUT2D eigenvalue weighted by atomic mass is 9.95. The van der Waals surface area contributed by atoms with Crippen LogP contribution in [0.2, 0.25) is 0 Å². The average molecular weight is 623 g/mol. The van der Waals surface area contributed by atoms with Crippen molar-refractivity contribution in [2.45, 2.75) is 84.2 Å². The molecule has 3 aromatic carbocycles. The van der Waals surface area contributed by atoms with Gasteiger partial charge < -0.3 is 15.2 Å².